The molecule has 0 aliphatic rings. The number of nitrogens with zero attached hydrogens (tertiary/aromatic N) is 3. The molecule has 3 rings (SSSR count). The van der Waals surface area contributed by atoms with Gasteiger partial charge in [-0.05, 0) is 32.4 Å². The van der Waals surface area contributed by atoms with Crippen molar-refractivity contribution < 1.29 is 0 Å². The highest BCUT2D eigenvalue weighted by molar-refractivity contribution is 7.09. The smallest absolute Gasteiger partial charge is 0.251 e. The van der Waals surface area contributed by atoms with E-state index < -0.39 is 0 Å². The third-order valence-corrected chi connectivity index (χ3v) is 4.71. The molecule has 0 aromatic carbocycles. The molecule has 24 heavy (non-hydrogen) atoms. The number of hydrogen-bond acceptors (Lipinski definition) is 6. The van der Waals surface area contributed by atoms with Crippen LogP contribution in [-0.4, -0.2) is 19.9 Å². The van der Waals surface area contributed by atoms with Crippen molar-refractivity contribution in [2.75, 3.05) is 5.32 Å². The fourth-order valence-corrected chi connectivity index (χ4v) is 3.10. The fourth-order valence-electron chi connectivity index (χ4n) is 2.30. The zero-order chi connectivity index (χ0) is 17.1. The summed E-state index contributed by atoms with van der Waals surface area (Å²) in [5, 5.41) is 6.39. The Morgan fingerprint density at radius 2 is 2.17 bits per heavy atom. The second-order valence-electron chi connectivity index (χ2n) is 5.56. The quantitative estimate of drug-likeness (QED) is 0.744. The van der Waals surface area contributed by atoms with E-state index in [1.54, 1.807) is 17.5 Å². The maximum Gasteiger partial charge on any atom is 0.251 e. The van der Waals surface area contributed by atoms with E-state index in [2.05, 4.69) is 32.2 Å². The van der Waals surface area contributed by atoms with Gasteiger partial charge in [-0.2, -0.15) is 0 Å². The molecule has 7 heteroatoms. The first-order chi connectivity index (χ1) is 11.5. The van der Waals surface area contributed by atoms with Crippen molar-refractivity contribution in [3.8, 4) is 11.4 Å². The van der Waals surface area contributed by atoms with Crippen LogP contribution in [0.3, 0.4) is 0 Å². The maximum atomic E-state index is 11.7. The Labute approximate surface area is 144 Å². The molecule has 0 amide bonds. The van der Waals surface area contributed by atoms with Gasteiger partial charge >= 0.3 is 0 Å². The van der Waals surface area contributed by atoms with Crippen LogP contribution in [0.1, 0.15) is 36.3 Å². The van der Waals surface area contributed by atoms with Gasteiger partial charge in [-0.3, -0.25) is 4.79 Å². The molecule has 1 unspecified atom stereocenters. The molecule has 1 atom stereocenters. The number of anilines is 1. The van der Waals surface area contributed by atoms with E-state index in [4.69, 9.17) is 0 Å². The summed E-state index contributed by atoms with van der Waals surface area (Å²) in [5.41, 5.74) is 2.43. The lowest BCUT2D eigenvalue weighted by molar-refractivity contribution is 0.855. The summed E-state index contributed by atoms with van der Waals surface area (Å²) in [4.78, 5) is 27.8. The van der Waals surface area contributed by atoms with Gasteiger partial charge in [0.1, 0.15) is 16.6 Å². The molecule has 0 fully saturated rings. The van der Waals surface area contributed by atoms with Gasteiger partial charge in [-0.1, -0.05) is 6.92 Å². The SMILES string of the molecule is CCc1cc(=O)[nH]c(-c2ccc(NC(C)c3nc(C)cs3)nc2)n1. The van der Waals surface area contributed by atoms with Crippen LogP contribution in [0, 0.1) is 6.92 Å². The molecule has 0 aliphatic carbocycles. The predicted octanol–water partition coefficient (Wildman–Crippen LogP) is 3.33. The maximum absolute atomic E-state index is 11.7. The highest BCUT2D eigenvalue weighted by Crippen LogP contribution is 2.22. The molecule has 0 spiro atoms. The highest BCUT2D eigenvalue weighted by Gasteiger charge is 2.10. The molecule has 3 aromatic rings. The van der Waals surface area contributed by atoms with Gasteiger partial charge < -0.3 is 10.3 Å². The number of aromatic amines is 1. The van der Waals surface area contributed by atoms with E-state index in [0.29, 0.717) is 12.2 Å². The fraction of sp³-hybridized carbons (Fsp3) is 0.294. The largest absolute Gasteiger partial charge is 0.361 e. The number of H-pyrrole nitrogens is 1. The summed E-state index contributed by atoms with van der Waals surface area (Å²) in [6.45, 7) is 6.01. The van der Waals surface area contributed by atoms with Crippen LogP contribution >= 0.6 is 11.3 Å². The van der Waals surface area contributed by atoms with Gasteiger partial charge in [0.15, 0.2) is 0 Å². The van der Waals surface area contributed by atoms with Crippen LogP contribution in [0.2, 0.25) is 0 Å². The third kappa shape index (κ3) is 3.68. The molecule has 0 saturated carbocycles. The topological polar surface area (TPSA) is 83.6 Å². The Bertz CT molecular complexity index is 884. The van der Waals surface area contributed by atoms with E-state index in [0.717, 1.165) is 27.8 Å². The summed E-state index contributed by atoms with van der Waals surface area (Å²) in [6.07, 6.45) is 2.43. The minimum Gasteiger partial charge on any atom is -0.361 e. The summed E-state index contributed by atoms with van der Waals surface area (Å²) >= 11 is 1.63. The zero-order valence-corrected chi connectivity index (χ0v) is 14.6. The van der Waals surface area contributed by atoms with Gasteiger partial charge in [-0.15, -0.1) is 11.3 Å². The van der Waals surface area contributed by atoms with Crippen LogP contribution in [-0.2, 0) is 6.42 Å². The molecule has 0 bridgehead atoms. The molecule has 3 aromatic heterocycles. The van der Waals surface area contributed by atoms with Crippen molar-refractivity contribution in [1.29, 1.82) is 0 Å². The number of pyridine rings is 1. The molecular weight excluding hydrogens is 322 g/mol. The number of thiazole rings is 1. The van der Waals surface area contributed by atoms with Crippen molar-refractivity contribution in [3.05, 3.63) is 56.5 Å². The van der Waals surface area contributed by atoms with Crippen LogP contribution in [0.4, 0.5) is 5.82 Å². The minimum atomic E-state index is -0.146. The number of rotatable bonds is 5. The Kier molecular flexibility index (Phi) is 4.71. The van der Waals surface area contributed by atoms with Gasteiger partial charge in [0.2, 0.25) is 0 Å². The molecule has 0 radical (unpaired) electrons. The van der Waals surface area contributed by atoms with Crippen LogP contribution in [0.5, 0.6) is 0 Å². The molecular formula is C17H19N5OS. The lowest BCUT2D eigenvalue weighted by Crippen LogP contribution is -2.10. The number of aromatic nitrogens is 4. The van der Waals surface area contributed by atoms with Crippen molar-refractivity contribution in [1.82, 2.24) is 19.9 Å². The van der Waals surface area contributed by atoms with Crippen LogP contribution in [0.25, 0.3) is 11.4 Å². The summed E-state index contributed by atoms with van der Waals surface area (Å²) in [5.74, 6) is 1.30. The number of aryl methyl sites for hydroxylation is 2. The standard InChI is InChI=1S/C17H19N5OS/c1-4-13-7-15(23)22-16(21-13)12-5-6-14(18-8-12)20-11(3)17-19-10(2)9-24-17/h5-9,11H,4H2,1-3H3,(H,18,20)(H,21,22,23). The molecule has 3 heterocycles. The second kappa shape index (κ2) is 6.92. The molecule has 2 N–H and O–H groups in total. The van der Waals surface area contributed by atoms with Crippen molar-refractivity contribution in [3.63, 3.8) is 0 Å². The molecule has 6 nitrogen and oxygen atoms in total. The van der Waals surface area contributed by atoms with Crippen LogP contribution < -0.4 is 10.9 Å². The van der Waals surface area contributed by atoms with E-state index >= 15 is 0 Å². The minimum absolute atomic E-state index is 0.0865. The van der Waals surface area contributed by atoms with E-state index in [1.807, 2.05) is 31.4 Å². The van der Waals surface area contributed by atoms with Crippen molar-refractivity contribution in [2.24, 2.45) is 0 Å². The van der Waals surface area contributed by atoms with E-state index in [1.165, 1.54) is 6.07 Å². The first-order valence-corrected chi connectivity index (χ1v) is 8.68. The van der Waals surface area contributed by atoms with Gasteiger partial charge in [0.25, 0.3) is 5.56 Å². The summed E-state index contributed by atoms with van der Waals surface area (Å²) < 4.78 is 0. The normalized spacial score (nSPS) is 12.1. The summed E-state index contributed by atoms with van der Waals surface area (Å²) in [7, 11) is 0. The predicted molar refractivity (Wildman–Crippen MR) is 96.4 cm³/mol. The molecule has 0 saturated heterocycles. The monoisotopic (exact) mass is 341 g/mol. The first kappa shape index (κ1) is 16.3. The Morgan fingerprint density at radius 3 is 2.79 bits per heavy atom. The van der Waals surface area contributed by atoms with Gasteiger partial charge in [0, 0.05) is 34.6 Å². The Morgan fingerprint density at radius 1 is 1.33 bits per heavy atom. The van der Waals surface area contributed by atoms with Gasteiger partial charge in [-0.25, -0.2) is 15.0 Å². The van der Waals surface area contributed by atoms with Crippen molar-refractivity contribution in [2.45, 2.75) is 33.2 Å². The number of nitrogens with one attached hydrogen (secondary N) is 2. The lowest BCUT2D eigenvalue weighted by Gasteiger charge is -2.12. The second-order valence-corrected chi connectivity index (χ2v) is 6.45. The molecule has 0 aliphatic heterocycles. The Hall–Kier alpha value is -2.54. The first-order valence-electron chi connectivity index (χ1n) is 7.80. The lowest BCUT2D eigenvalue weighted by atomic mass is 10.2. The Balaban J connectivity index is 1.78. The van der Waals surface area contributed by atoms with Gasteiger partial charge in [0.05, 0.1) is 6.04 Å². The average Bonchev–Trinajstić information content (AvgIpc) is 3.01. The average molecular weight is 341 g/mol. The van der Waals surface area contributed by atoms with Crippen molar-refractivity contribution >= 4 is 17.2 Å². The molecule has 124 valence electrons. The highest BCUT2D eigenvalue weighted by atomic mass is 32.1. The van der Waals surface area contributed by atoms with Crippen LogP contribution in [0.15, 0.2) is 34.6 Å². The number of hydrogen-bond donors (Lipinski definition) is 2. The zero-order valence-electron chi connectivity index (χ0n) is 13.8. The van der Waals surface area contributed by atoms with E-state index in [9.17, 15) is 4.79 Å². The van der Waals surface area contributed by atoms with E-state index in [-0.39, 0.29) is 11.6 Å². The summed E-state index contributed by atoms with van der Waals surface area (Å²) in [6, 6.07) is 5.38. The third-order valence-electron chi connectivity index (χ3n) is 3.57.